The van der Waals surface area contributed by atoms with E-state index in [4.69, 9.17) is 14.2 Å². The zero-order valence-electron chi connectivity index (χ0n) is 16.2. The Kier molecular flexibility index (Phi) is 5.86. The van der Waals surface area contributed by atoms with Crippen LogP contribution >= 0.6 is 0 Å². The van der Waals surface area contributed by atoms with Gasteiger partial charge in [0, 0.05) is 24.5 Å². The predicted octanol–water partition coefficient (Wildman–Crippen LogP) is 3.57. The Morgan fingerprint density at radius 1 is 1.04 bits per heavy atom. The van der Waals surface area contributed by atoms with Gasteiger partial charge in [-0.2, -0.15) is 0 Å². The molecule has 1 N–H and O–H groups in total. The number of ether oxygens (including phenoxy) is 3. The lowest BCUT2D eigenvalue weighted by Gasteiger charge is -2.36. The molecule has 6 heteroatoms. The number of amides is 1. The maximum atomic E-state index is 12.7. The average molecular weight is 370 g/mol. The van der Waals surface area contributed by atoms with Gasteiger partial charge in [-0.25, -0.2) is 0 Å². The Morgan fingerprint density at radius 2 is 1.70 bits per heavy atom. The third-order valence-electron chi connectivity index (χ3n) is 4.56. The fourth-order valence-corrected chi connectivity index (χ4v) is 3.33. The fourth-order valence-electron chi connectivity index (χ4n) is 3.33. The molecule has 144 valence electrons. The largest absolute Gasteiger partial charge is 0.497 e. The molecule has 2 aromatic rings. The van der Waals surface area contributed by atoms with Crippen LogP contribution in [0.1, 0.15) is 24.2 Å². The fraction of sp³-hybridized carbons (Fsp3) is 0.381. The summed E-state index contributed by atoms with van der Waals surface area (Å²) in [5.41, 5.74) is 2.27. The summed E-state index contributed by atoms with van der Waals surface area (Å²) in [5, 5.41) is 2.91. The van der Waals surface area contributed by atoms with E-state index in [0.29, 0.717) is 17.1 Å². The minimum atomic E-state index is -0.243. The minimum Gasteiger partial charge on any atom is -0.497 e. The Balaban J connectivity index is 1.72. The maximum absolute atomic E-state index is 12.7. The quantitative estimate of drug-likeness (QED) is 0.872. The second kappa shape index (κ2) is 8.31. The highest BCUT2D eigenvalue weighted by Gasteiger charge is 2.22. The molecule has 1 heterocycles. The van der Waals surface area contributed by atoms with Crippen LogP contribution in [0.25, 0.3) is 0 Å². The number of carbonyl (C=O) groups is 1. The number of benzene rings is 2. The summed E-state index contributed by atoms with van der Waals surface area (Å²) >= 11 is 0. The summed E-state index contributed by atoms with van der Waals surface area (Å²) in [6.07, 6.45) is 0.405. The first-order chi connectivity index (χ1) is 13.0. The zero-order valence-corrected chi connectivity index (χ0v) is 16.2. The van der Waals surface area contributed by atoms with E-state index in [2.05, 4.69) is 24.1 Å². The highest BCUT2D eigenvalue weighted by molar-refractivity contribution is 6.06. The Bertz CT molecular complexity index is 781. The first kappa shape index (κ1) is 19.0. The first-order valence-corrected chi connectivity index (χ1v) is 9.04. The number of methoxy groups -OCH3 is 2. The van der Waals surface area contributed by atoms with Gasteiger partial charge >= 0.3 is 0 Å². The molecule has 2 aromatic carbocycles. The van der Waals surface area contributed by atoms with Crippen LogP contribution < -0.4 is 19.7 Å². The Labute approximate surface area is 160 Å². The van der Waals surface area contributed by atoms with Gasteiger partial charge in [-0.15, -0.1) is 0 Å². The van der Waals surface area contributed by atoms with Crippen molar-refractivity contribution in [1.82, 2.24) is 0 Å². The van der Waals surface area contributed by atoms with E-state index in [1.807, 2.05) is 24.3 Å². The molecule has 1 saturated heterocycles. The third-order valence-corrected chi connectivity index (χ3v) is 4.56. The number of carbonyl (C=O) groups excluding carboxylic acids is 1. The minimum absolute atomic E-state index is 0.202. The molecule has 2 atom stereocenters. The summed E-state index contributed by atoms with van der Waals surface area (Å²) in [4.78, 5) is 15.0. The van der Waals surface area contributed by atoms with Crippen LogP contribution in [0.5, 0.6) is 11.5 Å². The van der Waals surface area contributed by atoms with Gasteiger partial charge in [-0.05, 0) is 56.3 Å². The first-order valence-electron chi connectivity index (χ1n) is 9.04. The van der Waals surface area contributed by atoms with E-state index in [-0.39, 0.29) is 18.1 Å². The van der Waals surface area contributed by atoms with Crippen molar-refractivity contribution in [2.75, 3.05) is 37.5 Å². The molecule has 1 fully saturated rings. The summed E-state index contributed by atoms with van der Waals surface area (Å²) in [6, 6.07) is 13.0. The van der Waals surface area contributed by atoms with Crippen molar-refractivity contribution < 1.29 is 19.0 Å². The van der Waals surface area contributed by atoms with Crippen molar-refractivity contribution in [3.05, 3.63) is 48.0 Å². The van der Waals surface area contributed by atoms with Crippen molar-refractivity contribution in [2.45, 2.75) is 26.1 Å². The molecule has 0 aromatic heterocycles. The number of nitrogens with zero attached hydrogens (tertiary/aromatic N) is 1. The molecular weight excluding hydrogens is 344 g/mol. The standard InChI is InChI=1S/C21H26N2O4/c1-14-12-23(13-15(2)27-14)17-7-5-16(6-8-17)22-21(24)19-11-18(25-3)9-10-20(19)26-4/h5-11,14-15H,12-13H2,1-4H3,(H,22,24). The van der Waals surface area contributed by atoms with Gasteiger partial charge in [0.2, 0.25) is 0 Å². The lowest BCUT2D eigenvalue weighted by molar-refractivity contribution is -0.00521. The molecule has 6 nitrogen and oxygen atoms in total. The Morgan fingerprint density at radius 3 is 2.30 bits per heavy atom. The second-order valence-corrected chi connectivity index (χ2v) is 6.73. The highest BCUT2D eigenvalue weighted by atomic mass is 16.5. The molecule has 3 rings (SSSR count). The van der Waals surface area contributed by atoms with E-state index in [9.17, 15) is 4.79 Å². The molecule has 0 radical (unpaired) electrons. The number of anilines is 2. The van der Waals surface area contributed by atoms with Gasteiger partial charge < -0.3 is 24.4 Å². The molecule has 0 saturated carbocycles. The monoisotopic (exact) mass is 370 g/mol. The third kappa shape index (κ3) is 4.52. The molecule has 1 amide bonds. The van der Waals surface area contributed by atoms with E-state index in [1.54, 1.807) is 25.3 Å². The smallest absolute Gasteiger partial charge is 0.259 e. The zero-order chi connectivity index (χ0) is 19.4. The highest BCUT2D eigenvalue weighted by Crippen LogP contribution is 2.26. The topological polar surface area (TPSA) is 60.0 Å². The maximum Gasteiger partial charge on any atom is 0.259 e. The summed E-state index contributed by atoms with van der Waals surface area (Å²) in [7, 11) is 3.10. The van der Waals surface area contributed by atoms with E-state index in [1.165, 1.54) is 7.11 Å². The molecular formula is C21H26N2O4. The number of nitrogens with one attached hydrogen (secondary N) is 1. The average Bonchev–Trinajstić information content (AvgIpc) is 2.67. The van der Waals surface area contributed by atoms with Crippen molar-refractivity contribution in [2.24, 2.45) is 0 Å². The van der Waals surface area contributed by atoms with Crippen molar-refractivity contribution in [3.8, 4) is 11.5 Å². The second-order valence-electron chi connectivity index (χ2n) is 6.73. The molecule has 0 spiro atoms. The van der Waals surface area contributed by atoms with Crippen LogP contribution in [0.2, 0.25) is 0 Å². The number of hydrogen-bond acceptors (Lipinski definition) is 5. The van der Waals surface area contributed by atoms with Crippen LogP contribution in [0, 0.1) is 0 Å². The molecule has 0 aliphatic carbocycles. The van der Waals surface area contributed by atoms with Gasteiger partial charge in [-0.3, -0.25) is 4.79 Å². The van der Waals surface area contributed by atoms with Gasteiger partial charge in [-0.1, -0.05) is 0 Å². The van der Waals surface area contributed by atoms with Gasteiger partial charge in [0.05, 0.1) is 32.0 Å². The van der Waals surface area contributed by atoms with Crippen molar-refractivity contribution in [3.63, 3.8) is 0 Å². The van der Waals surface area contributed by atoms with Crippen molar-refractivity contribution in [1.29, 1.82) is 0 Å². The number of rotatable bonds is 5. The Hall–Kier alpha value is -2.73. The van der Waals surface area contributed by atoms with Crippen molar-refractivity contribution >= 4 is 17.3 Å². The molecule has 1 aliphatic rings. The molecule has 0 bridgehead atoms. The summed E-state index contributed by atoms with van der Waals surface area (Å²) in [6.45, 7) is 5.88. The lowest BCUT2D eigenvalue weighted by atomic mass is 10.1. The van der Waals surface area contributed by atoms with Crippen LogP contribution in [-0.2, 0) is 4.74 Å². The van der Waals surface area contributed by atoms with E-state index in [0.717, 1.165) is 24.5 Å². The summed E-state index contributed by atoms with van der Waals surface area (Å²) in [5.74, 6) is 0.861. The van der Waals surface area contributed by atoms with E-state index >= 15 is 0 Å². The molecule has 27 heavy (non-hydrogen) atoms. The van der Waals surface area contributed by atoms with Crippen LogP contribution in [0.3, 0.4) is 0 Å². The van der Waals surface area contributed by atoms with Gasteiger partial charge in [0.1, 0.15) is 11.5 Å². The number of hydrogen-bond donors (Lipinski definition) is 1. The van der Waals surface area contributed by atoms with Gasteiger partial charge in [0.15, 0.2) is 0 Å². The van der Waals surface area contributed by atoms with Gasteiger partial charge in [0.25, 0.3) is 5.91 Å². The number of morpholine rings is 1. The predicted molar refractivity (Wildman–Crippen MR) is 106 cm³/mol. The molecule has 1 aliphatic heterocycles. The van der Waals surface area contributed by atoms with Crippen LogP contribution in [-0.4, -0.2) is 45.4 Å². The SMILES string of the molecule is COc1ccc(OC)c(C(=O)Nc2ccc(N3CC(C)OC(C)C3)cc2)c1. The van der Waals surface area contributed by atoms with Crippen LogP contribution in [0.4, 0.5) is 11.4 Å². The van der Waals surface area contributed by atoms with E-state index < -0.39 is 0 Å². The summed E-state index contributed by atoms with van der Waals surface area (Å²) < 4.78 is 16.3. The molecule has 2 unspecified atom stereocenters. The lowest BCUT2D eigenvalue weighted by Crippen LogP contribution is -2.45. The van der Waals surface area contributed by atoms with Crippen LogP contribution in [0.15, 0.2) is 42.5 Å². The normalized spacial score (nSPS) is 19.5.